The van der Waals surface area contributed by atoms with E-state index in [1.54, 1.807) is 6.26 Å². The quantitative estimate of drug-likeness (QED) is 0.267. The Hall–Kier alpha value is -0.180. The van der Waals surface area contributed by atoms with Crippen LogP contribution in [0.2, 0.25) is 0 Å². The molecule has 0 aliphatic carbocycles. The molecule has 0 aromatic carbocycles. The number of hydrogen-bond donors (Lipinski definition) is 1. The van der Waals surface area contributed by atoms with E-state index >= 15 is 0 Å². The fourth-order valence-electron chi connectivity index (χ4n) is 1.87. The molecule has 6 unspecified atom stereocenters. The molecule has 0 fully saturated rings. The van der Waals surface area contributed by atoms with Gasteiger partial charge in [0.1, 0.15) is 6.10 Å². The second-order valence-corrected chi connectivity index (χ2v) is 8.66. The Bertz CT molecular complexity index is 366. The van der Waals surface area contributed by atoms with Crippen molar-refractivity contribution >= 4 is 15.9 Å². The Morgan fingerprint density at radius 1 is 0.704 bits per heavy atom. The van der Waals surface area contributed by atoms with Crippen LogP contribution >= 0.6 is 15.9 Å². The van der Waals surface area contributed by atoms with Gasteiger partial charge in [0.05, 0.1) is 63.7 Å². The second kappa shape index (κ2) is 16.7. The summed E-state index contributed by atoms with van der Waals surface area (Å²) in [6.07, 6.45) is 4.40. The van der Waals surface area contributed by atoms with Crippen LogP contribution in [0.3, 0.4) is 0 Å². The highest BCUT2D eigenvalue weighted by atomic mass is 79.9. The molecule has 0 radical (unpaired) electrons. The van der Waals surface area contributed by atoms with Crippen molar-refractivity contribution in [1.82, 2.24) is 0 Å². The van der Waals surface area contributed by atoms with Gasteiger partial charge in [-0.3, -0.25) is 0 Å². The van der Waals surface area contributed by atoms with E-state index < -0.39 is 0 Å². The van der Waals surface area contributed by atoms with E-state index in [0.29, 0.717) is 31.3 Å². The monoisotopic (exact) mass is 454 g/mol. The zero-order chi connectivity index (χ0) is 20.7. The number of alkyl halides is 1. The Kier molecular flexibility index (Phi) is 16.6. The standard InChI is InChI=1S/C20H39BrO6/c1-15(21)8-7-9-23-17(3)11-25-19(5)13-27-20(6)14-26-18(4)12-24-16(2)10-22/h7,9,15-20,22H,8,10-14H2,1-6H3. The van der Waals surface area contributed by atoms with E-state index in [0.717, 1.165) is 6.42 Å². The molecule has 0 saturated heterocycles. The lowest BCUT2D eigenvalue weighted by molar-refractivity contribution is -0.0940. The third kappa shape index (κ3) is 17.6. The first-order chi connectivity index (χ1) is 12.7. The van der Waals surface area contributed by atoms with Crippen molar-refractivity contribution in [3.63, 3.8) is 0 Å². The largest absolute Gasteiger partial charge is 0.496 e. The van der Waals surface area contributed by atoms with Crippen molar-refractivity contribution < 1.29 is 28.8 Å². The van der Waals surface area contributed by atoms with E-state index in [9.17, 15) is 0 Å². The van der Waals surface area contributed by atoms with Crippen LogP contribution in [0.5, 0.6) is 0 Å². The van der Waals surface area contributed by atoms with E-state index in [-0.39, 0.29) is 37.1 Å². The molecule has 0 aromatic rings. The van der Waals surface area contributed by atoms with Gasteiger partial charge >= 0.3 is 0 Å². The first-order valence-corrected chi connectivity index (χ1v) is 10.7. The summed E-state index contributed by atoms with van der Waals surface area (Å²) < 4.78 is 28.2. The Morgan fingerprint density at radius 2 is 1.11 bits per heavy atom. The molecule has 27 heavy (non-hydrogen) atoms. The number of allylic oxidation sites excluding steroid dienone is 1. The maximum absolute atomic E-state index is 8.93. The molecule has 0 aliphatic heterocycles. The minimum Gasteiger partial charge on any atom is -0.496 e. The first kappa shape index (κ1) is 26.8. The molecule has 0 spiro atoms. The van der Waals surface area contributed by atoms with Crippen molar-refractivity contribution in [3.05, 3.63) is 12.3 Å². The zero-order valence-electron chi connectivity index (χ0n) is 17.7. The Labute approximate surface area is 173 Å². The summed E-state index contributed by atoms with van der Waals surface area (Å²) in [5, 5.41) is 8.93. The fraction of sp³-hybridized carbons (Fsp3) is 0.900. The molecule has 0 heterocycles. The van der Waals surface area contributed by atoms with Crippen molar-refractivity contribution in [2.45, 2.75) is 83.3 Å². The lowest BCUT2D eigenvalue weighted by atomic mass is 10.3. The van der Waals surface area contributed by atoms with E-state index in [4.69, 9.17) is 28.8 Å². The molecule has 7 heteroatoms. The van der Waals surface area contributed by atoms with Crippen LogP contribution in [-0.4, -0.2) is 73.5 Å². The summed E-state index contributed by atoms with van der Waals surface area (Å²) in [4.78, 5) is 0.451. The van der Waals surface area contributed by atoms with E-state index in [2.05, 4.69) is 22.9 Å². The van der Waals surface area contributed by atoms with E-state index in [1.165, 1.54) is 0 Å². The van der Waals surface area contributed by atoms with Gasteiger partial charge in [-0.25, -0.2) is 0 Å². The average Bonchev–Trinajstić information content (AvgIpc) is 2.64. The van der Waals surface area contributed by atoms with Crippen LogP contribution in [0.1, 0.15) is 48.0 Å². The average molecular weight is 455 g/mol. The van der Waals surface area contributed by atoms with Gasteiger partial charge in [0.15, 0.2) is 0 Å². The first-order valence-electron chi connectivity index (χ1n) is 9.76. The fourth-order valence-corrected chi connectivity index (χ4v) is 2.08. The molecule has 0 amide bonds. The van der Waals surface area contributed by atoms with Gasteiger partial charge in [-0.2, -0.15) is 0 Å². The van der Waals surface area contributed by atoms with Crippen LogP contribution < -0.4 is 0 Å². The third-order valence-corrected chi connectivity index (χ3v) is 3.96. The van der Waals surface area contributed by atoms with Crippen molar-refractivity contribution in [1.29, 1.82) is 0 Å². The topological polar surface area (TPSA) is 66.4 Å². The summed E-state index contributed by atoms with van der Waals surface area (Å²) >= 11 is 3.49. The third-order valence-electron chi connectivity index (χ3n) is 3.59. The molecule has 6 nitrogen and oxygen atoms in total. The van der Waals surface area contributed by atoms with Crippen LogP contribution in [-0.2, 0) is 23.7 Å². The van der Waals surface area contributed by atoms with Gasteiger partial charge < -0.3 is 28.8 Å². The molecular formula is C20H39BrO6. The van der Waals surface area contributed by atoms with Gasteiger partial charge in [-0.1, -0.05) is 22.9 Å². The van der Waals surface area contributed by atoms with Crippen LogP contribution in [0.4, 0.5) is 0 Å². The van der Waals surface area contributed by atoms with Crippen LogP contribution in [0.15, 0.2) is 12.3 Å². The number of hydrogen-bond acceptors (Lipinski definition) is 6. The molecule has 1 N–H and O–H groups in total. The molecule has 6 atom stereocenters. The molecule has 0 rings (SSSR count). The van der Waals surface area contributed by atoms with E-state index in [1.807, 2.05) is 40.7 Å². The molecule has 0 aliphatic rings. The second-order valence-electron chi connectivity index (χ2n) is 7.09. The Morgan fingerprint density at radius 3 is 1.52 bits per heavy atom. The highest BCUT2D eigenvalue weighted by Gasteiger charge is 2.12. The molecule has 0 saturated carbocycles. The predicted octanol–water partition coefficient (Wildman–Crippen LogP) is 3.69. The normalized spacial score (nSPS) is 18.8. The van der Waals surface area contributed by atoms with Crippen LogP contribution in [0, 0.1) is 0 Å². The van der Waals surface area contributed by atoms with Crippen molar-refractivity contribution in [3.8, 4) is 0 Å². The van der Waals surface area contributed by atoms with Gasteiger partial charge in [-0.15, -0.1) is 0 Å². The lowest BCUT2D eigenvalue weighted by Gasteiger charge is -2.21. The minimum atomic E-state index is -0.169. The highest BCUT2D eigenvalue weighted by Crippen LogP contribution is 2.05. The maximum Gasteiger partial charge on any atom is 0.118 e. The number of halogens is 1. The van der Waals surface area contributed by atoms with Crippen molar-refractivity contribution in [2.75, 3.05) is 33.0 Å². The van der Waals surface area contributed by atoms with Gasteiger partial charge in [0.25, 0.3) is 0 Å². The predicted molar refractivity (Wildman–Crippen MR) is 111 cm³/mol. The minimum absolute atomic E-state index is 0.00255. The van der Waals surface area contributed by atoms with Gasteiger partial charge in [0, 0.05) is 4.83 Å². The summed E-state index contributed by atoms with van der Waals surface area (Å²) in [7, 11) is 0. The summed E-state index contributed by atoms with van der Waals surface area (Å²) in [6, 6.07) is 0. The Balaban J connectivity index is 3.75. The SMILES string of the molecule is CC(Br)CC=COC(C)COC(C)COC(C)COC(C)COC(C)CO. The molecule has 162 valence electrons. The summed E-state index contributed by atoms with van der Waals surface area (Å²) in [5.74, 6) is 0. The zero-order valence-corrected chi connectivity index (χ0v) is 19.3. The van der Waals surface area contributed by atoms with Gasteiger partial charge in [-0.05, 0) is 47.1 Å². The number of aliphatic hydroxyl groups excluding tert-OH is 1. The molecule has 0 aromatic heterocycles. The lowest BCUT2D eigenvalue weighted by Crippen LogP contribution is -2.28. The molecule has 0 bridgehead atoms. The smallest absolute Gasteiger partial charge is 0.118 e. The summed E-state index contributed by atoms with van der Waals surface area (Å²) in [6.45, 7) is 13.8. The highest BCUT2D eigenvalue weighted by molar-refractivity contribution is 9.09. The van der Waals surface area contributed by atoms with Crippen LogP contribution in [0.25, 0.3) is 0 Å². The molecular weight excluding hydrogens is 416 g/mol. The van der Waals surface area contributed by atoms with Crippen molar-refractivity contribution in [2.24, 2.45) is 0 Å². The number of ether oxygens (including phenoxy) is 5. The summed E-state index contributed by atoms with van der Waals surface area (Å²) in [5.41, 5.74) is 0. The number of aliphatic hydroxyl groups is 1. The maximum atomic E-state index is 8.93. The van der Waals surface area contributed by atoms with Gasteiger partial charge in [0.2, 0.25) is 0 Å². The number of rotatable bonds is 17.